The number of aliphatic carboxylic acids is 1. The SMILES string of the molecule is CC(C)C(CN)C(=O)N[C@@H](C(=O)O)c1ccccc1. The van der Waals surface area contributed by atoms with Crippen LogP contribution in [0.3, 0.4) is 0 Å². The van der Waals surface area contributed by atoms with Gasteiger partial charge in [0.1, 0.15) is 0 Å². The van der Waals surface area contributed by atoms with E-state index in [1.165, 1.54) is 0 Å². The van der Waals surface area contributed by atoms with E-state index in [1.54, 1.807) is 30.3 Å². The lowest BCUT2D eigenvalue weighted by Crippen LogP contribution is -2.42. The molecular formula is C14H20N2O3. The van der Waals surface area contributed by atoms with Gasteiger partial charge in [-0.3, -0.25) is 4.79 Å². The van der Waals surface area contributed by atoms with Crippen LogP contribution in [0, 0.1) is 11.8 Å². The van der Waals surface area contributed by atoms with Gasteiger partial charge in [-0.2, -0.15) is 0 Å². The molecule has 104 valence electrons. The van der Waals surface area contributed by atoms with Gasteiger partial charge in [-0.1, -0.05) is 44.2 Å². The van der Waals surface area contributed by atoms with E-state index < -0.39 is 12.0 Å². The lowest BCUT2D eigenvalue weighted by molar-refractivity contribution is -0.142. The summed E-state index contributed by atoms with van der Waals surface area (Å²) in [7, 11) is 0. The van der Waals surface area contributed by atoms with Gasteiger partial charge in [-0.25, -0.2) is 4.79 Å². The molecule has 0 fully saturated rings. The zero-order valence-electron chi connectivity index (χ0n) is 11.2. The number of carboxylic acids is 1. The number of carbonyl (C=O) groups is 2. The Morgan fingerprint density at radius 3 is 2.26 bits per heavy atom. The molecule has 0 saturated heterocycles. The normalized spacial score (nSPS) is 13.9. The predicted molar refractivity (Wildman–Crippen MR) is 72.3 cm³/mol. The van der Waals surface area contributed by atoms with E-state index >= 15 is 0 Å². The minimum atomic E-state index is -1.08. The van der Waals surface area contributed by atoms with Crippen LogP contribution in [0.5, 0.6) is 0 Å². The van der Waals surface area contributed by atoms with Gasteiger partial charge in [0.05, 0.1) is 5.92 Å². The Morgan fingerprint density at radius 2 is 1.84 bits per heavy atom. The number of amides is 1. The third-order valence-electron chi connectivity index (χ3n) is 3.06. The first-order valence-electron chi connectivity index (χ1n) is 6.25. The molecule has 0 aliphatic rings. The molecule has 0 bridgehead atoms. The second kappa shape index (κ2) is 6.89. The van der Waals surface area contributed by atoms with Gasteiger partial charge in [0.25, 0.3) is 0 Å². The summed E-state index contributed by atoms with van der Waals surface area (Å²) in [6.07, 6.45) is 0. The summed E-state index contributed by atoms with van der Waals surface area (Å²) in [5.41, 5.74) is 6.10. The highest BCUT2D eigenvalue weighted by Crippen LogP contribution is 2.16. The summed E-state index contributed by atoms with van der Waals surface area (Å²) in [6.45, 7) is 3.97. The van der Waals surface area contributed by atoms with Crippen molar-refractivity contribution in [2.45, 2.75) is 19.9 Å². The van der Waals surface area contributed by atoms with Crippen LogP contribution in [0.4, 0.5) is 0 Å². The predicted octanol–water partition coefficient (Wildman–Crippen LogP) is 1.16. The minimum absolute atomic E-state index is 0.0650. The van der Waals surface area contributed by atoms with E-state index in [9.17, 15) is 14.7 Å². The summed E-state index contributed by atoms with van der Waals surface area (Å²) in [6, 6.07) is 7.57. The first-order valence-corrected chi connectivity index (χ1v) is 6.25. The molecule has 19 heavy (non-hydrogen) atoms. The van der Waals surface area contributed by atoms with E-state index in [0.29, 0.717) is 5.56 Å². The lowest BCUT2D eigenvalue weighted by Gasteiger charge is -2.21. The second-order valence-corrected chi connectivity index (χ2v) is 4.78. The molecule has 1 aromatic rings. The molecule has 1 unspecified atom stereocenters. The molecule has 0 saturated carbocycles. The third-order valence-corrected chi connectivity index (χ3v) is 3.06. The van der Waals surface area contributed by atoms with Crippen molar-refractivity contribution in [2.75, 3.05) is 6.54 Å². The van der Waals surface area contributed by atoms with Crippen molar-refractivity contribution in [3.63, 3.8) is 0 Å². The Kier molecular flexibility index (Phi) is 5.51. The Bertz CT molecular complexity index is 432. The average Bonchev–Trinajstić information content (AvgIpc) is 2.37. The minimum Gasteiger partial charge on any atom is -0.479 e. The Morgan fingerprint density at radius 1 is 1.26 bits per heavy atom. The molecule has 0 aliphatic carbocycles. The average molecular weight is 264 g/mol. The van der Waals surface area contributed by atoms with Crippen LogP contribution in [0.2, 0.25) is 0 Å². The summed E-state index contributed by atoms with van der Waals surface area (Å²) in [4.78, 5) is 23.3. The quantitative estimate of drug-likeness (QED) is 0.719. The van der Waals surface area contributed by atoms with Crippen LogP contribution in [0.15, 0.2) is 30.3 Å². The first-order chi connectivity index (χ1) is 8.97. The monoisotopic (exact) mass is 264 g/mol. The highest BCUT2D eigenvalue weighted by molar-refractivity contribution is 5.86. The molecule has 1 amide bonds. The molecule has 5 nitrogen and oxygen atoms in total. The second-order valence-electron chi connectivity index (χ2n) is 4.78. The van der Waals surface area contributed by atoms with Gasteiger partial charge in [-0.15, -0.1) is 0 Å². The van der Waals surface area contributed by atoms with Crippen LogP contribution in [-0.4, -0.2) is 23.5 Å². The van der Waals surface area contributed by atoms with Gasteiger partial charge >= 0.3 is 5.97 Å². The van der Waals surface area contributed by atoms with Crippen LogP contribution in [0.25, 0.3) is 0 Å². The van der Waals surface area contributed by atoms with Gasteiger partial charge in [0, 0.05) is 6.54 Å². The summed E-state index contributed by atoms with van der Waals surface area (Å²) < 4.78 is 0. The first kappa shape index (κ1) is 15.2. The van der Waals surface area contributed by atoms with Crippen molar-refractivity contribution in [2.24, 2.45) is 17.6 Å². The molecule has 0 radical (unpaired) electrons. The van der Waals surface area contributed by atoms with Crippen molar-refractivity contribution in [1.82, 2.24) is 5.32 Å². The molecule has 1 aromatic carbocycles. The standard InChI is InChI=1S/C14H20N2O3/c1-9(2)11(8-15)13(17)16-12(14(18)19)10-6-4-3-5-7-10/h3-7,9,11-12H,8,15H2,1-2H3,(H,16,17)(H,18,19)/t11?,12-/m1/s1. The number of rotatable bonds is 6. The van der Waals surface area contributed by atoms with E-state index in [4.69, 9.17) is 5.73 Å². The number of hydrogen-bond donors (Lipinski definition) is 3. The molecular weight excluding hydrogens is 244 g/mol. The molecule has 4 N–H and O–H groups in total. The zero-order chi connectivity index (χ0) is 14.4. The highest BCUT2D eigenvalue weighted by atomic mass is 16.4. The molecule has 0 spiro atoms. The van der Waals surface area contributed by atoms with Crippen LogP contribution < -0.4 is 11.1 Å². The smallest absolute Gasteiger partial charge is 0.330 e. The van der Waals surface area contributed by atoms with Crippen LogP contribution >= 0.6 is 0 Å². The maximum atomic E-state index is 12.0. The fraction of sp³-hybridized carbons (Fsp3) is 0.429. The number of carbonyl (C=O) groups excluding carboxylic acids is 1. The number of benzene rings is 1. The fourth-order valence-electron chi connectivity index (χ4n) is 1.86. The summed E-state index contributed by atoms with van der Waals surface area (Å²) in [5, 5.41) is 11.8. The lowest BCUT2D eigenvalue weighted by atomic mass is 9.94. The maximum absolute atomic E-state index is 12.0. The van der Waals surface area contributed by atoms with Crippen molar-refractivity contribution >= 4 is 11.9 Å². The number of hydrogen-bond acceptors (Lipinski definition) is 3. The topological polar surface area (TPSA) is 92.4 Å². The van der Waals surface area contributed by atoms with Crippen molar-refractivity contribution in [3.8, 4) is 0 Å². The molecule has 2 atom stereocenters. The largest absolute Gasteiger partial charge is 0.479 e. The van der Waals surface area contributed by atoms with E-state index in [-0.39, 0.29) is 24.3 Å². The number of carboxylic acid groups (broad SMARTS) is 1. The zero-order valence-corrected chi connectivity index (χ0v) is 11.2. The third kappa shape index (κ3) is 4.06. The van der Waals surface area contributed by atoms with Crippen molar-refractivity contribution in [3.05, 3.63) is 35.9 Å². The van der Waals surface area contributed by atoms with Gasteiger partial charge in [-0.05, 0) is 11.5 Å². The Hall–Kier alpha value is -1.88. The Balaban J connectivity index is 2.86. The molecule has 0 aromatic heterocycles. The van der Waals surface area contributed by atoms with Crippen molar-refractivity contribution in [1.29, 1.82) is 0 Å². The molecule has 5 heteroatoms. The van der Waals surface area contributed by atoms with Gasteiger partial charge in [0.2, 0.25) is 5.91 Å². The van der Waals surface area contributed by atoms with E-state index in [1.807, 2.05) is 13.8 Å². The summed E-state index contributed by atoms with van der Waals surface area (Å²) in [5.74, 6) is -1.73. The van der Waals surface area contributed by atoms with Gasteiger partial charge in [0.15, 0.2) is 6.04 Å². The highest BCUT2D eigenvalue weighted by Gasteiger charge is 2.27. The molecule has 0 heterocycles. The van der Waals surface area contributed by atoms with Crippen LogP contribution in [0.1, 0.15) is 25.5 Å². The maximum Gasteiger partial charge on any atom is 0.330 e. The Labute approximate surface area is 112 Å². The molecule has 0 aliphatic heterocycles. The van der Waals surface area contributed by atoms with E-state index in [0.717, 1.165) is 0 Å². The van der Waals surface area contributed by atoms with E-state index in [2.05, 4.69) is 5.32 Å². The van der Waals surface area contributed by atoms with Crippen molar-refractivity contribution < 1.29 is 14.7 Å². The van der Waals surface area contributed by atoms with Gasteiger partial charge < -0.3 is 16.2 Å². The number of nitrogens with one attached hydrogen (secondary N) is 1. The fourth-order valence-corrected chi connectivity index (χ4v) is 1.86. The number of nitrogens with two attached hydrogens (primary N) is 1. The summed E-state index contributed by atoms with van der Waals surface area (Å²) >= 11 is 0. The van der Waals surface area contributed by atoms with Crippen LogP contribution in [-0.2, 0) is 9.59 Å². The molecule has 1 rings (SSSR count).